The Morgan fingerprint density at radius 2 is 1.66 bits per heavy atom. The Labute approximate surface area is 168 Å². The van der Waals surface area contributed by atoms with Crippen molar-refractivity contribution in [2.75, 3.05) is 26.7 Å². The first-order valence-corrected chi connectivity index (χ1v) is 9.19. The molecule has 0 bridgehead atoms. The second-order valence-electron chi connectivity index (χ2n) is 6.70. The standard InChI is InChI=1S/C22H22N2O5/c1-24(13-21(26)27)20(25)11-6-12-23-22(28)29-14-19-17-9-4-2-7-15(17)16-8-3-5-10-18(16)19/h2-11,19H,12-14H2,1H3,(H,23,28)(H,26,27)/b11-6+. The van der Waals surface area contributed by atoms with Gasteiger partial charge in [-0.3, -0.25) is 9.59 Å². The Morgan fingerprint density at radius 1 is 1.07 bits per heavy atom. The summed E-state index contributed by atoms with van der Waals surface area (Å²) in [5.41, 5.74) is 4.58. The highest BCUT2D eigenvalue weighted by molar-refractivity contribution is 5.89. The van der Waals surface area contributed by atoms with E-state index in [4.69, 9.17) is 9.84 Å². The molecule has 1 aliphatic carbocycles. The van der Waals surface area contributed by atoms with Crippen LogP contribution < -0.4 is 5.32 Å². The number of rotatable bonds is 7. The monoisotopic (exact) mass is 394 g/mol. The van der Waals surface area contributed by atoms with Crippen molar-refractivity contribution >= 4 is 18.0 Å². The number of carboxylic acids is 1. The van der Waals surface area contributed by atoms with Crippen molar-refractivity contribution in [1.82, 2.24) is 10.2 Å². The molecule has 2 aromatic rings. The number of carbonyl (C=O) groups excluding carboxylic acids is 2. The smallest absolute Gasteiger partial charge is 0.407 e. The molecular formula is C22H22N2O5. The number of hydrogen-bond acceptors (Lipinski definition) is 4. The molecule has 2 aromatic carbocycles. The second kappa shape index (κ2) is 9.05. The number of fused-ring (bicyclic) bond motifs is 3. The topological polar surface area (TPSA) is 95.9 Å². The van der Waals surface area contributed by atoms with E-state index in [0.717, 1.165) is 27.2 Å². The number of ether oxygens (including phenoxy) is 1. The summed E-state index contributed by atoms with van der Waals surface area (Å²) in [6.45, 7) is -0.0733. The zero-order valence-electron chi connectivity index (χ0n) is 16.0. The Kier molecular flexibility index (Phi) is 6.29. The van der Waals surface area contributed by atoms with E-state index in [1.165, 1.54) is 19.2 Å². The summed E-state index contributed by atoms with van der Waals surface area (Å²) in [7, 11) is 1.39. The van der Waals surface area contributed by atoms with Crippen LogP contribution in [0.15, 0.2) is 60.7 Å². The molecular weight excluding hydrogens is 372 g/mol. The third kappa shape index (κ3) is 4.82. The van der Waals surface area contributed by atoms with Gasteiger partial charge in [0.2, 0.25) is 5.91 Å². The largest absolute Gasteiger partial charge is 0.480 e. The van der Waals surface area contributed by atoms with Gasteiger partial charge < -0.3 is 20.1 Å². The van der Waals surface area contributed by atoms with Crippen LogP contribution in [-0.2, 0) is 14.3 Å². The fourth-order valence-electron chi connectivity index (χ4n) is 3.36. The summed E-state index contributed by atoms with van der Waals surface area (Å²) in [6.07, 6.45) is 2.08. The number of alkyl carbamates (subject to hydrolysis) is 1. The maximum absolute atomic E-state index is 12.0. The average molecular weight is 394 g/mol. The third-order valence-corrected chi connectivity index (χ3v) is 4.72. The average Bonchev–Trinajstić information content (AvgIpc) is 3.03. The zero-order chi connectivity index (χ0) is 20.8. The number of aliphatic carboxylic acids is 1. The van der Waals surface area contributed by atoms with Crippen LogP contribution in [-0.4, -0.2) is 54.7 Å². The van der Waals surface area contributed by atoms with Crippen LogP contribution >= 0.6 is 0 Å². The number of benzene rings is 2. The highest BCUT2D eigenvalue weighted by Gasteiger charge is 2.28. The van der Waals surface area contributed by atoms with Gasteiger partial charge in [0, 0.05) is 25.6 Å². The van der Waals surface area contributed by atoms with Crippen LogP contribution in [0, 0.1) is 0 Å². The number of likely N-dealkylation sites (N-methyl/N-ethyl adjacent to an activating group) is 1. The van der Waals surface area contributed by atoms with Crippen LogP contribution in [0.4, 0.5) is 4.79 Å². The highest BCUT2D eigenvalue weighted by atomic mass is 16.5. The quantitative estimate of drug-likeness (QED) is 0.704. The molecule has 3 rings (SSSR count). The lowest BCUT2D eigenvalue weighted by Crippen LogP contribution is -2.31. The molecule has 150 valence electrons. The minimum atomic E-state index is -1.09. The van der Waals surface area contributed by atoms with Gasteiger partial charge in [-0.1, -0.05) is 54.6 Å². The molecule has 1 aliphatic rings. The normalized spacial score (nSPS) is 12.3. The molecule has 0 unspecified atom stereocenters. The number of carbonyl (C=O) groups is 3. The number of nitrogens with one attached hydrogen (secondary N) is 1. The summed E-state index contributed by atoms with van der Waals surface area (Å²) in [5, 5.41) is 11.2. The molecule has 0 saturated carbocycles. The summed E-state index contributed by atoms with van der Waals surface area (Å²) in [6, 6.07) is 16.2. The number of nitrogens with zero attached hydrogens (tertiary/aromatic N) is 1. The van der Waals surface area contributed by atoms with E-state index in [0.29, 0.717) is 0 Å². The molecule has 0 spiro atoms. The Morgan fingerprint density at radius 3 is 2.24 bits per heavy atom. The van der Waals surface area contributed by atoms with Crippen molar-refractivity contribution < 1.29 is 24.2 Å². The summed E-state index contributed by atoms with van der Waals surface area (Å²) < 4.78 is 5.39. The van der Waals surface area contributed by atoms with Crippen molar-refractivity contribution in [2.45, 2.75) is 5.92 Å². The second-order valence-corrected chi connectivity index (χ2v) is 6.70. The van der Waals surface area contributed by atoms with Crippen molar-refractivity contribution in [3.8, 4) is 11.1 Å². The number of amides is 2. The van der Waals surface area contributed by atoms with Gasteiger partial charge in [-0.15, -0.1) is 0 Å². The Balaban J connectivity index is 1.51. The molecule has 0 atom stereocenters. The molecule has 2 amide bonds. The van der Waals surface area contributed by atoms with Gasteiger partial charge >= 0.3 is 12.1 Å². The Bertz CT molecular complexity index is 908. The molecule has 0 heterocycles. The molecule has 0 fully saturated rings. The maximum atomic E-state index is 12.0. The molecule has 2 N–H and O–H groups in total. The van der Waals surface area contributed by atoms with Crippen LogP contribution in [0.5, 0.6) is 0 Å². The van der Waals surface area contributed by atoms with Gasteiger partial charge in [-0.25, -0.2) is 4.79 Å². The van der Waals surface area contributed by atoms with E-state index in [2.05, 4.69) is 17.4 Å². The van der Waals surface area contributed by atoms with Gasteiger partial charge in [0.15, 0.2) is 0 Å². The number of carboxylic acid groups (broad SMARTS) is 1. The van der Waals surface area contributed by atoms with Crippen LogP contribution in [0.25, 0.3) is 11.1 Å². The minimum absolute atomic E-state index is 0.0186. The first kappa shape index (κ1) is 20.1. The van der Waals surface area contributed by atoms with E-state index in [1.54, 1.807) is 0 Å². The molecule has 29 heavy (non-hydrogen) atoms. The summed E-state index contributed by atoms with van der Waals surface area (Å²) in [5.74, 6) is -1.57. The van der Waals surface area contributed by atoms with Crippen LogP contribution in [0.2, 0.25) is 0 Å². The first-order chi connectivity index (χ1) is 14.0. The van der Waals surface area contributed by atoms with Gasteiger partial charge in [-0.05, 0) is 22.3 Å². The zero-order valence-corrected chi connectivity index (χ0v) is 16.0. The van der Waals surface area contributed by atoms with Crippen molar-refractivity contribution in [2.24, 2.45) is 0 Å². The van der Waals surface area contributed by atoms with Gasteiger partial charge in [-0.2, -0.15) is 0 Å². The van der Waals surface area contributed by atoms with E-state index in [9.17, 15) is 14.4 Å². The predicted octanol–water partition coefficient (Wildman–Crippen LogP) is 2.62. The molecule has 0 radical (unpaired) electrons. The highest BCUT2D eigenvalue weighted by Crippen LogP contribution is 2.44. The summed E-state index contributed by atoms with van der Waals surface area (Å²) >= 11 is 0. The molecule has 0 saturated heterocycles. The SMILES string of the molecule is CN(CC(=O)O)C(=O)/C=C/CNC(=O)OCC1c2ccccc2-c2ccccc21. The Hall–Kier alpha value is -3.61. The minimum Gasteiger partial charge on any atom is -0.480 e. The maximum Gasteiger partial charge on any atom is 0.407 e. The van der Waals surface area contributed by atoms with Crippen LogP contribution in [0.1, 0.15) is 17.0 Å². The fourth-order valence-corrected chi connectivity index (χ4v) is 3.36. The predicted molar refractivity (Wildman–Crippen MR) is 107 cm³/mol. The van der Waals surface area contributed by atoms with Gasteiger partial charge in [0.05, 0.1) is 0 Å². The first-order valence-electron chi connectivity index (χ1n) is 9.19. The molecule has 7 nitrogen and oxygen atoms in total. The molecule has 7 heteroatoms. The lowest BCUT2D eigenvalue weighted by atomic mass is 9.98. The van der Waals surface area contributed by atoms with Gasteiger partial charge in [0.25, 0.3) is 0 Å². The van der Waals surface area contributed by atoms with Crippen molar-refractivity contribution in [1.29, 1.82) is 0 Å². The fraction of sp³-hybridized carbons (Fsp3) is 0.227. The van der Waals surface area contributed by atoms with Gasteiger partial charge in [0.1, 0.15) is 13.2 Å². The van der Waals surface area contributed by atoms with E-state index < -0.39 is 18.0 Å². The van der Waals surface area contributed by atoms with Crippen molar-refractivity contribution in [3.63, 3.8) is 0 Å². The van der Waals surface area contributed by atoms with Crippen LogP contribution in [0.3, 0.4) is 0 Å². The van der Waals surface area contributed by atoms with E-state index >= 15 is 0 Å². The number of hydrogen-bond donors (Lipinski definition) is 2. The molecule has 0 aliphatic heterocycles. The van der Waals surface area contributed by atoms with E-state index in [1.807, 2.05) is 36.4 Å². The lowest BCUT2D eigenvalue weighted by molar-refractivity contribution is -0.141. The van der Waals surface area contributed by atoms with E-state index in [-0.39, 0.29) is 25.6 Å². The lowest BCUT2D eigenvalue weighted by Gasteiger charge is -2.14. The third-order valence-electron chi connectivity index (χ3n) is 4.72. The van der Waals surface area contributed by atoms with Crippen molar-refractivity contribution in [3.05, 3.63) is 71.8 Å². The summed E-state index contributed by atoms with van der Waals surface area (Å²) in [4.78, 5) is 35.3. The molecule has 0 aromatic heterocycles.